The summed E-state index contributed by atoms with van der Waals surface area (Å²) in [5.41, 5.74) is 0.475. The van der Waals surface area contributed by atoms with Crippen molar-refractivity contribution in [2.45, 2.75) is 20.0 Å². The summed E-state index contributed by atoms with van der Waals surface area (Å²) < 4.78 is 19.8. The first kappa shape index (κ1) is 15.5. The number of carbonyl (C=O) groups is 1. The maximum Gasteiger partial charge on any atom is 0.259 e. The third-order valence-electron chi connectivity index (χ3n) is 2.69. The van der Waals surface area contributed by atoms with Crippen molar-refractivity contribution in [2.75, 3.05) is 5.32 Å². The van der Waals surface area contributed by atoms with Crippen molar-refractivity contribution in [1.82, 2.24) is 0 Å². The zero-order valence-corrected chi connectivity index (χ0v) is 13.3. The average Bonchev–Trinajstić information content (AvgIpc) is 2.40. The van der Waals surface area contributed by atoms with E-state index < -0.39 is 11.7 Å². The molecule has 0 saturated carbocycles. The largest absolute Gasteiger partial charge is 0.489 e. The molecule has 2 aromatic rings. The van der Waals surface area contributed by atoms with Gasteiger partial charge in [-0.15, -0.1) is 0 Å². The zero-order valence-electron chi connectivity index (χ0n) is 11.7. The summed E-state index contributed by atoms with van der Waals surface area (Å²) in [4.78, 5) is 12.3. The van der Waals surface area contributed by atoms with Crippen LogP contribution in [0.4, 0.5) is 10.1 Å². The maximum atomic E-state index is 13.8. The maximum absolute atomic E-state index is 13.8. The molecule has 5 heteroatoms. The Balaban J connectivity index is 2.28. The monoisotopic (exact) mass is 351 g/mol. The lowest BCUT2D eigenvalue weighted by atomic mass is 10.2. The Kier molecular flexibility index (Phi) is 4.96. The number of benzene rings is 2. The van der Waals surface area contributed by atoms with Crippen LogP contribution in [0.15, 0.2) is 46.9 Å². The van der Waals surface area contributed by atoms with Gasteiger partial charge in [0.1, 0.15) is 11.6 Å². The standard InChI is InChI=1S/C16H15BrFNO2/c1-10(2)21-14-9-4-3-8-13(14)19-16(20)15-11(17)6-5-7-12(15)18/h3-10H,1-2H3,(H,19,20). The fraction of sp³-hybridized carbons (Fsp3) is 0.188. The smallest absolute Gasteiger partial charge is 0.259 e. The van der Waals surface area contributed by atoms with E-state index in [4.69, 9.17) is 4.74 Å². The Morgan fingerprint density at radius 3 is 2.57 bits per heavy atom. The van der Waals surface area contributed by atoms with Crippen molar-refractivity contribution >= 4 is 27.5 Å². The third-order valence-corrected chi connectivity index (χ3v) is 3.35. The molecule has 0 aliphatic heterocycles. The van der Waals surface area contributed by atoms with Gasteiger partial charge < -0.3 is 10.1 Å². The van der Waals surface area contributed by atoms with Crippen molar-refractivity contribution in [1.29, 1.82) is 0 Å². The molecule has 0 fully saturated rings. The van der Waals surface area contributed by atoms with E-state index in [2.05, 4.69) is 21.2 Å². The van der Waals surface area contributed by atoms with Gasteiger partial charge in [-0.2, -0.15) is 0 Å². The first-order chi connectivity index (χ1) is 9.99. The number of hydrogen-bond acceptors (Lipinski definition) is 2. The van der Waals surface area contributed by atoms with Crippen LogP contribution in [-0.4, -0.2) is 12.0 Å². The van der Waals surface area contributed by atoms with Gasteiger partial charge in [0.05, 0.1) is 17.4 Å². The van der Waals surface area contributed by atoms with E-state index in [1.807, 2.05) is 19.9 Å². The summed E-state index contributed by atoms with van der Waals surface area (Å²) in [7, 11) is 0. The number of rotatable bonds is 4. The molecule has 2 rings (SSSR count). The van der Waals surface area contributed by atoms with Crippen LogP contribution >= 0.6 is 15.9 Å². The minimum Gasteiger partial charge on any atom is -0.489 e. The molecule has 0 atom stereocenters. The highest BCUT2D eigenvalue weighted by Crippen LogP contribution is 2.27. The van der Waals surface area contributed by atoms with E-state index >= 15 is 0 Å². The summed E-state index contributed by atoms with van der Waals surface area (Å²) >= 11 is 3.19. The van der Waals surface area contributed by atoms with Crippen LogP contribution in [0.1, 0.15) is 24.2 Å². The molecule has 1 amide bonds. The zero-order chi connectivity index (χ0) is 15.4. The van der Waals surface area contributed by atoms with Gasteiger partial charge in [-0.25, -0.2) is 4.39 Å². The van der Waals surface area contributed by atoms with Crippen molar-refractivity contribution in [2.24, 2.45) is 0 Å². The van der Waals surface area contributed by atoms with Gasteiger partial charge in [0.15, 0.2) is 0 Å². The van der Waals surface area contributed by atoms with Gasteiger partial charge in [0, 0.05) is 4.47 Å². The number of hydrogen-bond donors (Lipinski definition) is 1. The first-order valence-corrected chi connectivity index (χ1v) is 7.29. The molecule has 0 unspecified atom stereocenters. The normalized spacial score (nSPS) is 10.5. The Hall–Kier alpha value is -1.88. The summed E-state index contributed by atoms with van der Waals surface area (Å²) in [6, 6.07) is 11.5. The Morgan fingerprint density at radius 2 is 1.90 bits per heavy atom. The van der Waals surface area contributed by atoms with Crippen LogP contribution < -0.4 is 10.1 Å². The highest BCUT2D eigenvalue weighted by atomic mass is 79.9. The Morgan fingerprint density at radius 1 is 1.19 bits per heavy atom. The van der Waals surface area contributed by atoms with Gasteiger partial charge in [0.2, 0.25) is 0 Å². The van der Waals surface area contributed by atoms with Gasteiger partial charge in [-0.05, 0) is 54.0 Å². The van der Waals surface area contributed by atoms with E-state index in [1.54, 1.807) is 24.3 Å². The molecule has 3 nitrogen and oxygen atoms in total. The van der Waals surface area contributed by atoms with Crippen molar-refractivity contribution in [3.8, 4) is 5.75 Å². The second kappa shape index (κ2) is 6.72. The predicted molar refractivity (Wildman–Crippen MR) is 84.3 cm³/mol. The summed E-state index contributed by atoms with van der Waals surface area (Å²) in [6.07, 6.45) is -0.0248. The van der Waals surface area contributed by atoms with Gasteiger partial charge in [-0.3, -0.25) is 4.79 Å². The fourth-order valence-electron chi connectivity index (χ4n) is 1.83. The average molecular weight is 352 g/mol. The van der Waals surface area contributed by atoms with E-state index in [0.717, 1.165) is 0 Å². The number of nitrogens with one attached hydrogen (secondary N) is 1. The van der Waals surface area contributed by atoms with Gasteiger partial charge in [-0.1, -0.05) is 18.2 Å². The molecule has 0 spiro atoms. The third kappa shape index (κ3) is 3.82. The molecular weight excluding hydrogens is 337 g/mol. The molecule has 0 aromatic heterocycles. The molecule has 0 heterocycles. The van der Waals surface area contributed by atoms with Crippen LogP contribution in [-0.2, 0) is 0 Å². The quantitative estimate of drug-likeness (QED) is 0.872. The highest BCUT2D eigenvalue weighted by Gasteiger charge is 2.17. The molecule has 1 N–H and O–H groups in total. The Labute approximate surface area is 131 Å². The number of halogens is 2. The van der Waals surface area contributed by atoms with E-state index in [9.17, 15) is 9.18 Å². The second-order valence-corrected chi connectivity index (χ2v) is 5.57. The van der Waals surface area contributed by atoms with Crippen molar-refractivity contribution < 1.29 is 13.9 Å². The molecule has 0 bridgehead atoms. The van der Waals surface area contributed by atoms with Crippen LogP contribution in [0.3, 0.4) is 0 Å². The molecule has 0 radical (unpaired) electrons. The minimum absolute atomic E-state index is 0.0248. The SMILES string of the molecule is CC(C)Oc1ccccc1NC(=O)c1c(F)cccc1Br. The van der Waals surface area contributed by atoms with E-state index in [1.165, 1.54) is 12.1 Å². The lowest BCUT2D eigenvalue weighted by molar-refractivity contribution is 0.102. The topological polar surface area (TPSA) is 38.3 Å². The highest BCUT2D eigenvalue weighted by molar-refractivity contribution is 9.10. The molecule has 21 heavy (non-hydrogen) atoms. The molecule has 0 saturated heterocycles. The number of amides is 1. The van der Waals surface area contributed by atoms with Crippen LogP contribution in [0, 0.1) is 5.82 Å². The number of ether oxygens (including phenoxy) is 1. The van der Waals surface area contributed by atoms with Gasteiger partial charge >= 0.3 is 0 Å². The second-order valence-electron chi connectivity index (χ2n) is 4.71. The minimum atomic E-state index is -0.580. The number of para-hydroxylation sites is 2. The van der Waals surface area contributed by atoms with Crippen LogP contribution in [0.5, 0.6) is 5.75 Å². The first-order valence-electron chi connectivity index (χ1n) is 6.50. The van der Waals surface area contributed by atoms with Gasteiger partial charge in [0.25, 0.3) is 5.91 Å². The summed E-state index contributed by atoms with van der Waals surface area (Å²) in [6.45, 7) is 3.79. The number of anilines is 1. The van der Waals surface area contributed by atoms with Crippen LogP contribution in [0.2, 0.25) is 0 Å². The molecule has 110 valence electrons. The predicted octanol–water partition coefficient (Wildman–Crippen LogP) is 4.63. The molecular formula is C16H15BrFNO2. The lowest BCUT2D eigenvalue weighted by Gasteiger charge is -2.15. The Bertz CT molecular complexity index is 638. The van der Waals surface area contributed by atoms with Crippen LogP contribution in [0.25, 0.3) is 0 Å². The molecule has 0 aliphatic rings. The van der Waals surface area contributed by atoms with E-state index in [0.29, 0.717) is 15.9 Å². The lowest BCUT2D eigenvalue weighted by Crippen LogP contribution is -2.16. The van der Waals surface area contributed by atoms with Crippen molar-refractivity contribution in [3.63, 3.8) is 0 Å². The summed E-state index contributed by atoms with van der Waals surface area (Å²) in [5, 5.41) is 2.68. The molecule has 0 aliphatic carbocycles. The van der Waals surface area contributed by atoms with Crippen molar-refractivity contribution in [3.05, 3.63) is 58.3 Å². The van der Waals surface area contributed by atoms with E-state index in [-0.39, 0.29) is 11.7 Å². The number of carbonyl (C=O) groups excluding carboxylic acids is 1. The summed E-state index contributed by atoms with van der Waals surface area (Å²) in [5.74, 6) is -0.558. The fourth-order valence-corrected chi connectivity index (χ4v) is 2.35. The molecule has 2 aromatic carbocycles.